The highest BCUT2D eigenvalue weighted by Crippen LogP contribution is 2.26. The van der Waals surface area contributed by atoms with Gasteiger partial charge >= 0.3 is 0 Å². The zero-order chi connectivity index (χ0) is 11.9. The van der Waals surface area contributed by atoms with Gasteiger partial charge in [-0.25, -0.2) is 0 Å². The van der Waals surface area contributed by atoms with Crippen molar-refractivity contribution in [3.05, 3.63) is 5.32 Å². The fourth-order valence-electron chi connectivity index (χ4n) is 1.03. The van der Waals surface area contributed by atoms with Crippen molar-refractivity contribution in [3.8, 4) is 0 Å². The zero-order valence-electron chi connectivity index (χ0n) is 10.4. The Morgan fingerprint density at radius 1 is 1.33 bits per heavy atom. The predicted molar refractivity (Wildman–Crippen MR) is 67.9 cm³/mol. The summed E-state index contributed by atoms with van der Waals surface area (Å²) in [6.07, 6.45) is 1.73. The Morgan fingerprint density at radius 2 is 1.93 bits per heavy atom. The smallest absolute Gasteiger partial charge is 0.201 e. The van der Waals surface area contributed by atoms with Crippen molar-refractivity contribution in [2.45, 2.75) is 40.5 Å². The molecule has 0 aromatic rings. The number of rotatable bonds is 7. The second-order valence-electron chi connectivity index (χ2n) is 5.18. The van der Waals surface area contributed by atoms with Gasteiger partial charge in [0.2, 0.25) is 11.1 Å². The summed E-state index contributed by atoms with van der Waals surface area (Å²) < 4.78 is 19.0. The van der Waals surface area contributed by atoms with Gasteiger partial charge in [0.05, 0.1) is 0 Å². The molecule has 0 aliphatic carbocycles. The van der Waals surface area contributed by atoms with Crippen LogP contribution in [0.1, 0.15) is 40.5 Å². The van der Waals surface area contributed by atoms with Crippen LogP contribution in [0.25, 0.3) is 5.32 Å². The van der Waals surface area contributed by atoms with Crippen molar-refractivity contribution in [1.82, 2.24) is 0 Å². The van der Waals surface area contributed by atoms with E-state index in [0.29, 0.717) is 17.1 Å². The minimum absolute atomic E-state index is 0.317. The summed E-state index contributed by atoms with van der Waals surface area (Å²) >= 11 is -1.94. The summed E-state index contributed by atoms with van der Waals surface area (Å²) in [4.78, 5) is 0. The zero-order valence-corrected chi connectivity index (χ0v) is 11.3. The third kappa shape index (κ3) is 9.03. The number of unbranched alkanes of at least 4 members (excludes halogenated alkanes) is 1. The van der Waals surface area contributed by atoms with E-state index in [1.165, 1.54) is 0 Å². The quantitative estimate of drug-likeness (QED) is 0.419. The van der Waals surface area contributed by atoms with Crippen LogP contribution in [0.2, 0.25) is 0 Å². The maximum atomic E-state index is 10.4. The topological polar surface area (TPSA) is 51.4 Å². The number of thiol groups is 1. The number of hydrogen-bond donors (Lipinski definition) is 1. The fourth-order valence-corrected chi connectivity index (χ4v) is 1.52. The van der Waals surface area contributed by atoms with Crippen LogP contribution in [0.15, 0.2) is 0 Å². The Bertz CT molecular complexity index is 190. The van der Waals surface area contributed by atoms with Crippen LogP contribution in [-0.4, -0.2) is 23.4 Å². The fraction of sp³-hybridized carbons (Fsp3) is 1.00. The average Bonchev–Trinajstić information content (AvgIpc) is 2.08. The summed E-state index contributed by atoms with van der Waals surface area (Å²) in [6.45, 7) is 10.6. The lowest BCUT2D eigenvalue weighted by Gasteiger charge is -2.33. The molecule has 0 rings (SSSR count). The highest BCUT2D eigenvalue weighted by atomic mass is 32.2. The highest BCUT2D eigenvalue weighted by molar-refractivity contribution is 7.79. The molecule has 0 aromatic carbocycles. The molecule has 0 amide bonds. The molecule has 4 heteroatoms. The SMILES string of the molecule is C[C@H](C[N-]CCCC[SH+](=O)O)C(C)(C)C. The first-order valence-corrected chi connectivity index (χ1v) is 7.00. The van der Waals surface area contributed by atoms with Crippen molar-refractivity contribution >= 4 is 11.1 Å². The van der Waals surface area contributed by atoms with E-state index in [-0.39, 0.29) is 0 Å². The standard InChI is InChI=1S/C11H24NO2S/c1-10(11(2,3)4)9-12-7-5-6-8-15(13)14/h10H,5-9H2,1-4H3,(H,13,14)/q-1/p+1/t10-/m1/s1. The first kappa shape index (κ1) is 15.1. The third-order valence-corrected chi connectivity index (χ3v) is 3.50. The molecule has 0 saturated heterocycles. The van der Waals surface area contributed by atoms with Crippen molar-refractivity contribution in [3.63, 3.8) is 0 Å². The van der Waals surface area contributed by atoms with Crippen molar-refractivity contribution in [1.29, 1.82) is 0 Å². The van der Waals surface area contributed by atoms with E-state index in [0.717, 1.165) is 25.9 Å². The summed E-state index contributed by atoms with van der Waals surface area (Å²) in [5.41, 5.74) is 0.317. The molecule has 0 aliphatic rings. The Labute approximate surface area is 96.3 Å². The van der Waals surface area contributed by atoms with Crippen LogP contribution in [-0.2, 0) is 15.3 Å². The molecule has 0 heterocycles. The lowest BCUT2D eigenvalue weighted by Crippen LogP contribution is -2.20. The van der Waals surface area contributed by atoms with Crippen LogP contribution >= 0.6 is 0 Å². The summed E-state index contributed by atoms with van der Waals surface area (Å²) in [5.74, 6) is 1.01. The Kier molecular flexibility index (Phi) is 7.40. The molecule has 0 saturated carbocycles. The van der Waals surface area contributed by atoms with Crippen LogP contribution in [0.3, 0.4) is 0 Å². The van der Waals surface area contributed by atoms with Gasteiger partial charge in [-0.3, -0.25) is 0 Å². The highest BCUT2D eigenvalue weighted by Gasteiger charge is 2.15. The number of hydrogen-bond acceptors (Lipinski definition) is 1. The summed E-state index contributed by atoms with van der Waals surface area (Å²) in [5, 5.41) is 4.46. The van der Waals surface area contributed by atoms with E-state index in [4.69, 9.17) is 4.55 Å². The largest absolute Gasteiger partial charge is 0.662 e. The Hall–Kier alpha value is 0.0700. The molecule has 0 radical (unpaired) electrons. The van der Waals surface area contributed by atoms with Crippen LogP contribution < -0.4 is 0 Å². The van der Waals surface area contributed by atoms with Gasteiger partial charge in [-0.15, -0.1) is 13.1 Å². The molecule has 0 fully saturated rings. The van der Waals surface area contributed by atoms with Crippen LogP contribution in [0, 0.1) is 11.3 Å². The van der Waals surface area contributed by atoms with E-state index in [2.05, 4.69) is 33.0 Å². The van der Waals surface area contributed by atoms with E-state index >= 15 is 0 Å². The van der Waals surface area contributed by atoms with Gasteiger partial charge in [-0.05, 0) is 11.8 Å². The molecule has 0 aromatic heterocycles. The minimum Gasteiger partial charge on any atom is -0.662 e. The van der Waals surface area contributed by atoms with Gasteiger partial charge in [0.15, 0.2) is 0 Å². The molecule has 2 atom stereocenters. The molecule has 1 N–H and O–H groups in total. The van der Waals surface area contributed by atoms with E-state index in [9.17, 15) is 4.21 Å². The normalized spacial score (nSPS) is 16.3. The second-order valence-corrected chi connectivity index (χ2v) is 6.33. The molecule has 92 valence electrons. The molecule has 3 nitrogen and oxygen atoms in total. The lowest BCUT2D eigenvalue weighted by atomic mass is 9.82. The maximum absolute atomic E-state index is 10.4. The van der Waals surface area contributed by atoms with Gasteiger partial charge in [-0.1, -0.05) is 44.2 Å². The molecule has 0 bridgehead atoms. The monoisotopic (exact) mass is 235 g/mol. The van der Waals surface area contributed by atoms with Gasteiger partial charge in [0.25, 0.3) is 0 Å². The van der Waals surface area contributed by atoms with Crippen molar-refractivity contribution in [2.75, 3.05) is 18.8 Å². The predicted octanol–water partition coefficient (Wildman–Crippen LogP) is 2.99. The molecule has 15 heavy (non-hydrogen) atoms. The van der Waals surface area contributed by atoms with Gasteiger partial charge in [0.1, 0.15) is 5.75 Å². The van der Waals surface area contributed by atoms with Crippen LogP contribution in [0.4, 0.5) is 0 Å². The minimum atomic E-state index is -1.94. The first-order valence-electron chi connectivity index (χ1n) is 5.61. The Balaban J connectivity index is 3.35. The molecule has 1 unspecified atom stereocenters. The average molecular weight is 235 g/mol. The Morgan fingerprint density at radius 3 is 2.40 bits per heavy atom. The van der Waals surface area contributed by atoms with Gasteiger partial charge in [-0.2, -0.15) is 4.55 Å². The molecular formula is C11H25NO2S. The van der Waals surface area contributed by atoms with E-state index in [1.807, 2.05) is 0 Å². The third-order valence-electron chi connectivity index (χ3n) is 2.80. The van der Waals surface area contributed by atoms with Crippen molar-refractivity contribution < 1.29 is 8.76 Å². The lowest BCUT2D eigenvalue weighted by molar-refractivity contribution is 0.276. The summed E-state index contributed by atoms with van der Waals surface area (Å²) in [6, 6.07) is 0. The van der Waals surface area contributed by atoms with Gasteiger partial charge < -0.3 is 5.32 Å². The van der Waals surface area contributed by atoms with Crippen LogP contribution in [0.5, 0.6) is 0 Å². The molecule has 0 spiro atoms. The molecular weight excluding hydrogens is 210 g/mol. The van der Waals surface area contributed by atoms with Crippen molar-refractivity contribution in [2.24, 2.45) is 11.3 Å². The van der Waals surface area contributed by atoms with E-state index in [1.54, 1.807) is 0 Å². The number of nitrogens with zero attached hydrogens (tertiary/aromatic N) is 1. The first-order chi connectivity index (χ1) is 6.84. The summed E-state index contributed by atoms with van der Waals surface area (Å²) in [7, 11) is 0. The second kappa shape index (κ2) is 7.36. The maximum Gasteiger partial charge on any atom is 0.201 e. The molecule has 0 aliphatic heterocycles. The van der Waals surface area contributed by atoms with Gasteiger partial charge in [0, 0.05) is 0 Å². The van der Waals surface area contributed by atoms with E-state index < -0.39 is 11.1 Å².